The van der Waals surface area contributed by atoms with Crippen molar-refractivity contribution in [2.24, 2.45) is 0 Å². The van der Waals surface area contributed by atoms with Gasteiger partial charge in [-0.15, -0.1) is 0 Å². The second kappa shape index (κ2) is 8.37. The first-order valence-electron chi connectivity index (χ1n) is 9.37. The molecule has 4 aromatic rings. The molecule has 0 aliphatic rings. The van der Waals surface area contributed by atoms with Gasteiger partial charge >= 0.3 is 0 Å². The molecule has 0 atom stereocenters. The van der Waals surface area contributed by atoms with Gasteiger partial charge in [0, 0.05) is 18.1 Å². The normalized spacial score (nSPS) is 11.3. The first-order valence-corrected chi connectivity index (χ1v) is 11.2. The topological polar surface area (TPSA) is 79.4 Å². The monoisotopic (exact) mass is 451 g/mol. The SMILES string of the molecule is CN(c1ccccc1)S(=O)(=O)c1cccc(NC(=O)c2cc(Cl)nc3ccccc23)c1. The molecule has 156 valence electrons. The van der Waals surface area contributed by atoms with Crippen LogP contribution < -0.4 is 9.62 Å². The molecule has 0 bridgehead atoms. The molecule has 0 aliphatic carbocycles. The third-order valence-electron chi connectivity index (χ3n) is 4.80. The molecular formula is C23H18ClN3O3S. The van der Waals surface area contributed by atoms with Crippen LogP contribution in [0.3, 0.4) is 0 Å². The molecule has 0 spiro atoms. The molecule has 0 radical (unpaired) electrons. The number of hydrogen-bond donors (Lipinski definition) is 1. The minimum absolute atomic E-state index is 0.0641. The number of benzene rings is 3. The van der Waals surface area contributed by atoms with Crippen LogP contribution >= 0.6 is 11.6 Å². The van der Waals surface area contributed by atoms with Crippen LogP contribution in [0, 0.1) is 0 Å². The van der Waals surface area contributed by atoms with Crippen molar-refractivity contribution in [2.75, 3.05) is 16.7 Å². The van der Waals surface area contributed by atoms with E-state index in [2.05, 4.69) is 10.3 Å². The number of amides is 1. The highest BCUT2D eigenvalue weighted by Crippen LogP contribution is 2.25. The molecule has 0 saturated carbocycles. The molecule has 1 heterocycles. The number of hydrogen-bond acceptors (Lipinski definition) is 4. The van der Waals surface area contributed by atoms with E-state index in [0.717, 1.165) is 0 Å². The van der Waals surface area contributed by atoms with Crippen LogP contribution in [-0.4, -0.2) is 26.4 Å². The van der Waals surface area contributed by atoms with E-state index in [1.54, 1.807) is 54.6 Å². The Hall–Kier alpha value is -3.42. The number of carbonyl (C=O) groups excluding carboxylic acids is 1. The number of rotatable bonds is 5. The summed E-state index contributed by atoms with van der Waals surface area (Å²) in [7, 11) is -2.32. The van der Waals surface area contributed by atoms with E-state index in [-0.39, 0.29) is 10.0 Å². The maximum absolute atomic E-state index is 13.0. The molecule has 31 heavy (non-hydrogen) atoms. The van der Waals surface area contributed by atoms with Crippen LogP contribution in [-0.2, 0) is 10.0 Å². The fourth-order valence-electron chi connectivity index (χ4n) is 3.20. The van der Waals surface area contributed by atoms with Gasteiger partial charge in [-0.25, -0.2) is 13.4 Å². The number of halogens is 1. The van der Waals surface area contributed by atoms with E-state index < -0.39 is 15.9 Å². The highest BCUT2D eigenvalue weighted by molar-refractivity contribution is 7.92. The summed E-state index contributed by atoms with van der Waals surface area (Å²) in [5.74, 6) is -0.411. The summed E-state index contributed by atoms with van der Waals surface area (Å²) in [5, 5.41) is 3.61. The summed E-state index contributed by atoms with van der Waals surface area (Å²) < 4.78 is 27.3. The fourth-order valence-corrected chi connectivity index (χ4v) is 4.64. The number of para-hydroxylation sites is 2. The van der Waals surface area contributed by atoms with E-state index >= 15 is 0 Å². The second-order valence-electron chi connectivity index (χ2n) is 6.80. The van der Waals surface area contributed by atoms with Crippen molar-refractivity contribution in [1.29, 1.82) is 0 Å². The standard InChI is InChI=1S/C23H18ClN3O3S/c1-27(17-9-3-2-4-10-17)31(29,30)18-11-7-8-16(14-18)25-23(28)20-15-22(24)26-21-13-6-5-12-19(20)21/h2-15H,1H3,(H,25,28). The molecule has 1 amide bonds. The average molecular weight is 452 g/mol. The second-order valence-corrected chi connectivity index (χ2v) is 9.16. The van der Waals surface area contributed by atoms with Gasteiger partial charge in [-0.2, -0.15) is 0 Å². The first-order chi connectivity index (χ1) is 14.9. The van der Waals surface area contributed by atoms with Gasteiger partial charge in [0.2, 0.25) is 0 Å². The molecule has 0 unspecified atom stereocenters. The molecule has 3 aromatic carbocycles. The lowest BCUT2D eigenvalue weighted by Crippen LogP contribution is -2.26. The highest BCUT2D eigenvalue weighted by Gasteiger charge is 2.22. The van der Waals surface area contributed by atoms with Gasteiger partial charge < -0.3 is 5.32 Å². The Bertz CT molecular complexity index is 1380. The Labute approximate surface area is 185 Å². The van der Waals surface area contributed by atoms with Gasteiger partial charge in [0.1, 0.15) is 5.15 Å². The quantitative estimate of drug-likeness (QED) is 0.434. The van der Waals surface area contributed by atoms with Crippen LogP contribution in [0.4, 0.5) is 11.4 Å². The Morgan fingerprint density at radius 1 is 0.935 bits per heavy atom. The van der Waals surface area contributed by atoms with E-state index in [4.69, 9.17) is 11.6 Å². The van der Waals surface area contributed by atoms with Gasteiger partial charge in [0.05, 0.1) is 21.7 Å². The van der Waals surface area contributed by atoms with Crippen molar-refractivity contribution < 1.29 is 13.2 Å². The molecule has 1 aromatic heterocycles. The number of fused-ring (bicyclic) bond motifs is 1. The fraction of sp³-hybridized carbons (Fsp3) is 0.0435. The molecule has 4 rings (SSSR count). The largest absolute Gasteiger partial charge is 0.322 e. The maximum Gasteiger partial charge on any atom is 0.264 e. The predicted octanol–water partition coefficient (Wildman–Crippen LogP) is 4.97. The van der Waals surface area contributed by atoms with Crippen LogP contribution in [0.2, 0.25) is 5.15 Å². The zero-order valence-electron chi connectivity index (χ0n) is 16.5. The summed E-state index contributed by atoms with van der Waals surface area (Å²) in [6.45, 7) is 0. The highest BCUT2D eigenvalue weighted by atomic mass is 35.5. The smallest absolute Gasteiger partial charge is 0.264 e. The molecule has 0 saturated heterocycles. The molecule has 1 N–H and O–H groups in total. The molecule has 6 nitrogen and oxygen atoms in total. The minimum Gasteiger partial charge on any atom is -0.322 e. The van der Waals surface area contributed by atoms with Gasteiger partial charge in [0.25, 0.3) is 15.9 Å². The Kier molecular flexibility index (Phi) is 5.63. The zero-order chi connectivity index (χ0) is 22.0. The maximum atomic E-state index is 13.0. The van der Waals surface area contributed by atoms with Crippen LogP contribution in [0.25, 0.3) is 10.9 Å². The summed E-state index contributed by atoms with van der Waals surface area (Å²) in [4.78, 5) is 17.2. The van der Waals surface area contributed by atoms with Crippen molar-refractivity contribution >= 4 is 49.8 Å². The van der Waals surface area contributed by atoms with Crippen LogP contribution in [0.15, 0.2) is 89.8 Å². The van der Waals surface area contributed by atoms with Crippen molar-refractivity contribution in [3.05, 3.63) is 95.6 Å². The summed E-state index contributed by atoms with van der Waals surface area (Å²) in [5.41, 5.74) is 1.84. The van der Waals surface area contributed by atoms with E-state index in [9.17, 15) is 13.2 Å². The van der Waals surface area contributed by atoms with Crippen molar-refractivity contribution in [3.8, 4) is 0 Å². The number of nitrogens with one attached hydrogen (secondary N) is 1. The number of sulfonamides is 1. The number of pyridine rings is 1. The van der Waals surface area contributed by atoms with Gasteiger partial charge in [-0.3, -0.25) is 9.10 Å². The van der Waals surface area contributed by atoms with Gasteiger partial charge in [-0.1, -0.05) is 54.1 Å². The van der Waals surface area contributed by atoms with Crippen LogP contribution in [0.5, 0.6) is 0 Å². The van der Waals surface area contributed by atoms with E-state index in [0.29, 0.717) is 27.8 Å². The van der Waals surface area contributed by atoms with Crippen molar-refractivity contribution in [1.82, 2.24) is 4.98 Å². The summed E-state index contributed by atoms with van der Waals surface area (Å²) >= 11 is 6.07. The Morgan fingerprint density at radius 2 is 1.65 bits per heavy atom. The lowest BCUT2D eigenvalue weighted by Gasteiger charge is -2.20. The number of carbonyl (C=O) groups is 1. The molecule has 0 aliphatic heterocycles. The number of nitrogens with zero attached hydrogens (tertiary/aromatic N) is 2. The first kappa shape index (κ1) is 20.8. The molecule has 8 heteroatoms. The van der Waals surface area contributed by atoms with E-state index in [1.165, 1.54) is 29.6 Å². The van der Waals surface area contributed by atoms with Gasteiger partial charge in [-0.05, 0) is 42.5 Å². The number of anilines is 2. The summed E-state index contributed by atoms with van der Waals surface area (Å²) in [6.07, 6.45) is 0. The lowest BCUT2D eigenvalue weighted by molar-refractivity contribution is 0.102. The van der Waals surface area contributed by atoms with Crippen molar-refractivity contribution in [3.63, 3.8) is 0 Å². The lowest BCUT2D eigenvalue weighted by atomic mass is 10.1. The third kappa shape index (κ3) is 4.23. The van der Waals surface area contributed by atoms with Crippen molar-refractivity contribution in [2.45, 2.75) is 4.90 Å². The molecular weight excluding hydrogens is 434 g/mol. The average Bonchev–Trinajstić information content (AvgIpc) is 2.78. The number of aromatic nitrogens is 1. The van der Waals surface area contributed by atoms with E-state index in [1.807, 2.05) is 12.1 Å². The summed E-state index contributed by atoms with van der Waals surface area (Å²) in [6, 6.07) is 23.6. The predicted molar refractivity (Wildman–Crippen MR) is 123 cm³/mol. The molecule has 0 fully saturated rings. The zero-order valence-corrected chi connectivity index (χ0v) is 18.1. The minimum atomic E-state index is -3.81. The van der Waals surface area contributed by atoms with Crippen LogP contribution in [0.1, 0.15) is 10.4 Å². The Morgan fingerprint density at radius 3 is 2.42 bits per heavy atom. The Balaban J connectivity index is 1.65. The van der Waals surface area contributed by atoms with Gasteiger partial charge in [0.15, 0.2) is 0 Å². The third-order valence-corrected chi connectivity index (χ3v) is 6.77.